The van der Waals surface area contributed by atoms with E-state index in [-0.39, 0.29) is 18.7 Å². The van der Waals surface area contributed by atoms with Gasteiger partial charge in [0.15, 0.2) is 0 Å². The van der Waals surface area contributed by atoms with Gasteiger partial charge in [-0.05, 0) is 19.8 Å². The van der Waals surface area contributed by atoms with Gasteiger partial charge in [-0.15, -0.1) is 0 Å². The number of unbranched alkanes of at least 4 members (excludes halogenated alkanes) is 9. The predicted octanol–water partition coefficient (Wildman–Crippen LogP) is 3.99. The van der Waals surface area contributed by atoms with Crippen LogP contribution in [-0.2, 0) is 14.3 Å². The van der Waals surface area contributed by atoms with E-state index in [0.717, 1.165) is 19.4 Å². The van der Waals surface area contributed by atoms with Gasteiger partial charge in [0.1, 0.15) is 6.10 Å². The minimum Gasteiger partial charge on any atom is -0.460 e. The first-order chi connectivity index (χ1) is 10.7. The highest BCUT2D eigenvalue weighted by Gasteiger charge is 2.20. The van der Waals surface area contributed by atoms with Crippen molar-refractivity contribution in [1.29, 1.82) is 0 Å². The third-order valence-electron chi connectivity index (χ3n) is 4.15. The Balaban J connectivity index is 1.71. The monoisotopic (exact) mass is 314 g/mol. The maximum absolute atomic E-state index is 11.4. The number of rotatable bonds is 15. The van der Waals surface area contributed by atoms with Crippen LogP contribution in [0.15, 0.2) is 0 Å². The van der Waals surface area contributed by atoms with Gasteiger partial charge in [-0.3, -0.25) is 4.79 Å². The molecule has 0 spiro atoms. The third kappa shape index (κ3) is 12.0. The van der Waals surface area contributed by atoms with Crippen LogP contribution in [0.5, 0.6) is 0 Å². The number of ether oxygens (including phenoxy) is 2. The smallest absolute Gasteiger partial charge is 0.306 e. The third-order valence-corrected chi connectivity index (χ3v) is 4.15. The van der Waals surface area contributed by atoms with E-state index in [9.17, 15) is 4.79 Å². The van der Waals surface area contributed by atoms with Crippen molar-refractivity contribution < 1.29 is 19.4 Å². The molecule has 0 aromatic heterocycles. The summed E-state index contributed by atoms with van der Waals surface area (Å²) in [6.45, 7) is 2.61. The summed E-state index contributed by atoms with van der Waals surface area (Å²) in [5, 5.41) is 8.79. The Kier molecular flexibility index (Phi) is 11.4. The van der Waals surface area contributed by atoms with Gasteiger partial charge in [0.2, 0.25) is 0 Å². The van der Waals surface area contributed by atoms with E-state index in [1.54, 1.807) is 6.92 Å². The van der Waals surface area contributed by atoms with E-state index < -0.39 is 0 Å². The van der Waals surface area contributed by atoms with Crippen LogP contribution in [0.25, 0.3) is 0 Å². The first-order valence-corrected chi connectivity index (χ1v) is 9.14. The van der Waals surface area contributed by atoms with E-state index in [1.807, 2.05) is 0 Å². The van der Waals surface area contributed by atoms with Gasteiger partial charge in [0.25, 0.3) is 0 Å². The second kappa shape index (κ2) is 12.9. The van der Waals surface area contributed by atoms with Crippen LogP contribution in [0.2, 0.25) is 0 Å². The van der Waals surface area contributed by atoms with Crippen LogP contribution in [-0.4, -0.2) is 36.5 Å². The van der Waals surface area contributed by atoms with Crippen LogP contribution < -0.4 is 0 Å². The molecule has 2 atom stereocenters. The lowest BCUT2D eigenvalue weighted by Crippen LogP contribution is -2.18. The predicted molar refractivity (Wildman–Crippen MR) is 87.8 cm³/mol. The molecule has 0 aromatic rings. The number of aliphatic hydroxyl groups is 1. The van der Waals surface area contributed by atoms with Crippen molar-refractivity contribution in [2.75, 3.05) is 13.2 Å². The van der Waals surface area contributed by atoms with E-state index in [2.05, 4.69) is 0 Å². The molecule has 2 unspecified atom stereocenters. The normalized spacial score (nSPS) is 18.2. The largest absolute Gasteiger partial charge is 0.460 e. The summed E-state index contributed by atoms with van der Waals surface area (Å²) in [5.41, 5.74) is 0. The SMILES string of the molecule is CC(CO)OC(=O)CCCCCCCCCCCCC1CO1. The zero-order valence-corrected chi connectivity index (χ0v) is 14.2. The summed E-state index contributed by atoms with van der Waals surface area (Å²) < 4.78 is 10.2. The fourth-order valence-corrected chi connectivity index (χ4v) is 2.61. The van der Waals surface area contributed by atoms with Crippen molar-refractivity contribution >= 4 is 5.97 Å². The fraction of sp³-hybridized carbons (Fsp3) is 0.944. The van der Waals surface area contributed by atoms with Gasteiger partial charge in [0, 0.05) is 6.42 Å². The van der Waals surface area contributed by atoms with Gasteiger partial charge in [0.05, 0.1) is 19.3 Å². The molecule has 1 aliphatic heterocycles. The summed E-state index contributed by atoms with van der Waals surface area (Å²) in [6.07, 6.45) is 14.5. The average Bonchev–Trinajstić information content (AvgIpc) is 3.32. The maximum Gasteiger partial charge on any atom is 0.306 e. The van der Waals surface area contributed by atoms with Crippen molar-refractivity contribution in [3.05, 3.63) is 0 Å². The van der Waals surface area contributed by atoms with E-state index in [4.69, 9.17) is 14.6 Å². The quantitative estimate of drug-likeness (QED) is 0.282. The van der Waals surface area contributed by atoms with E-state index in [1.165, 1.54) is 57.8 Å². The highest BCUT2D eigenvalue weighted by Crippen LogP contribution is 2.18. The number of aliphatic hydroxyl groups excluding tert-OH is 1. The molecule has 4 heteroatoms. The van der Waals surface area contributed by atoms with Gasteiger partial charge in [-0.25, -0.2) is 0 Å². The Morgan fingerprint density at radius 1 is 1.05 bits per heavy atom. The Morgan fingerprint density at radius 3 is 2.05 bits per heavy atom. The van der Waals surface area contributed by atoms with Crippen LogP contribution in [0.4, 0.5) is 0 Å². The van der Waals surface area contributed by atoms with E-state index in [0.29, 0.717) is 12.5 Å². The van der Waals surface area contributed by atoms with Crippen molar-refractivity contribution in [3.63, 3.8) is 0 Å². The van der Waals surface area contributed by atoms with Crippen LogP contribution in [0, 0.1) is 0 Å². The van der Waals surface area contributed by atoms with Gasteiger partial charge < -0.3 is 14.6 Å². The minimum atomic E-state index is -0.371. The minimum absolute atomic E-state index is 0.0971. The number of hydrogen-bond acceptors (Lipinski definition) is 4. The molecule has 1 saturated heterocycles. The Labute approximate surface area is 135 Å². The number of carbonyl (C=O) groups is 1. The summed E-state index contributed by atoms with van der Waals surface area (Å²) in [4.78, 5) is 11.4. The molecule has 1 aliphatic rings. The molecular weight excluding hydrogens is 280 g/mol. The standard InChI is InChI=1S/C18H34O4/c1-16(14-19)22-18(20)13-11-9-7-5-3-2-4-6-8-10-12-17-15-21-17/h16-17,19H,2-15H2,1H3. The lowest BCUT2D eigenvalue weighted by Gasteiger charge is -2.09. The Hall–Kier alpha value is -0.610. The second-order valence-corrected chi connectivity index (χ2v) is 6.51. The number of hydrogen-bond donors (Lipinski definition) is 1. The molecule has 0 saturated carbocycles. The van der Waals surface area contributed by atoms with Gasteiger partial charge in [-0.1, -0.05) is 57.8 Å². The van der Waals surface area contributed by atoms with Gasteiger partial charge >= 0.3 is 5.97 Å². The number of carbonyl (C=O) groups excluding carboxylic acids is 1. The highest BCUT2D eigenvalue weighted by atomic mass is 16.6. The lowest BCUT2D eigenvalue weighted by atomic mass is 10.0. The maximum atomic E-state index is 11.4. The van der Waals surface area contributed by atoms with Crippen molar-refractivity contribution in [3.8, 4) is 0 Å². The first kappa shape index (κ1) is 19.4. The first-order valence-electron chi connectivity index (χ1n) is 9.14. The molecule has 0 radical (unpaired) electrons. The van der Waals surface area contributed by atoms with Crippen molar-refractivity contribution in [2.45, 2.75) is 96.2 Å². The summed E-state index contributed by atoms with van der Waals surface area (Å²) in [5.74, 6) is -0.182. The highest BCUT2D eigenvalue weighted by molar-refractivity contribution is 5.69. The number of epoxide rings is 1. The molecule has 1 fully saturated rings. The lowest BCUT2D eigenvalue weighted by molar-refractivity contribution is -0.150. The van der Waals surface area contributed by atoms with E-state index >= 15 is 0 Å². The average molecular weight is 314 g/mol. The molecule has 0 aromatic carbocycles. The Morgan fingerprint density at radius 2 is 1.55 bits per heavy atom. The second-order valence-electron chi connectivity index (χ2n) is 6.51. The summed E-state index contributed by atoms with van der Waals surface area (Å²) in [6, 6.07) is 0. The molecule has 1 heterocycles. The van der Waals surface area contributed by atoms with Crippen molar-refractivity contribution in [2.24, 2.45) is 0 Å². The molecule has 0 amide bonds. The molecule has 0 bridgehead atoms. The zero-order valence-electron chi connectivity index (χ0n) is 14.2. The van der Waals surface area contributed by atoms with Crippen LogP contribution >= 0.6 is 0 Å². The van der Waals surface area contributed by atoms with Crippen LogP contribution in [0.1, 0.15) is 84.0 Å². The Bertz CT molecular complexity index is 276. The van der Waals surface area contributed by atoms with Crippen LogP contribution in [0.3, 0.4) is 0 Å². The van der Waals surface area contributed by atoms with Crippen molar-refractivity contribution in [1.82, 2.24) is 0 Å². The molecular formula is C18H34O4. The molecule has 1 N–H and O–H groups in total. The number of esters is 1. The zero-order chi connectivity index (χ0) is 16.0. The topological polar surface area (TPSA) is 59.1 Å². The summed E-state index contributed by atoms with van der Waals surface area (Å²) >= 11 is 0. The fourth-order valence-electron chi connectivity index (χ4n) is 2.61. The van der Waals surface area contributed by atoms with Gasteiger partial charge in [-0.2, -0.15) is 0 Å². The molecule has 130 valence electrons. The molecule has 4 nitrogen and oxygen atoms in total. The molecule has 0 aliphatic carbocycles. The molecule has 22 heavy (non-hydrogen) atoms. The molecule has 1 rings (SSSR count). The summed E-state index contributed by atoms with van der Waals surface area (Å²) in [7, 11) is 0.